The maximum absolute atomic E-state index is 12.6. The zero-order valence-electron chi connectivity index (χ0n) is 13.4. The summed E-state index contributed by atoms with van der Waals surface area (Å²) in [6.45, 7) is 0.818. The molecule has 5 nitrogen and oxygen atoms in total. The molecule has 134 valence electrons. The Morgan fingerprint density at radius 3 is 2.60 bits per heavy atom. The molecule has 0 saturated heterocycles. The van der Waals surface area contributed by atoms with Crippen molar-refractivity contribution in [2.24, 2.45) is 0 Å². The molecule has 0 unspecified atom stereocenters. The van der Waals surface area contributed by atoms with Gasteiger partial charge in [0.25, 0.3) is 0 Å². The van der Waals surface area contributed by atoms with Gasteiger partial charge in [-0.15, -0.1) is 0 Å². The largest absolute Gasteiger partial charge is 0.496 e. The molecule has 0 atom stereocenters. The summed E-state index contributed by atoms with van der Waals surface area (Å²) in [4.78, 5) is 0. The van der Waals surface area contributed by atoms with Crippen LogP contribution in [0.3, 0.4) is 0 Å². The first-order valence-corrected chi connectivity index (χ1v) is 10.1. The Labute approximate surface area is 156 Å². The average molecular weight is 403 g/mol. The van der Waals surface area contributed by atoms with E-state index in [-0.39, 0.29) is 11.5 Å². The highest BCUT2D eigenvalue weighted by Crippen LogP contribution is 2.39. The summed E-state index contributed by atoms with van der Waals surface area (Å²) >= 11 is 12.1. The van der Waals surface area contributed by atoms with Crippen LogP contribution in [0.5, 0.6) is 17.2 Å². The Kier molecular flexibility index (Phi) is 5.32. The molecule has 2 aromatic rings. The Morgan fingerprint density at radius 1 is 1.08 bits per heavy atom. The van der Waals surface area contributed by atoms with E-state index in [2.05, 4.69) is 0 Å². The lowest BCUT2D eigenvalue weighted by Gasteiger charge is -2.20. The van der Waals surface area contributed by atoms with Crippen LogP contribution in [0.2, 0.25) is 10.0 Å². The van der Waals surface area contributed by atoms with Crippen molar-refractivity contribution >= 4 is 33.0 Å². The van der Waals surface area contributed by atoms with Crippen LogP contribution in [-0.2, 0) is 21.3 Å². The zero-order chi connectivity index (χ0) is 18.0. The molecule has 3 rings (SSSR count). The third kappa shape index (κ3) is 4.32. The van der Waals surface area contributed by atoms with Gasteiger partial charge in [0, 0.05) is 10.6 Å². The van der Waals surface area contributed by atoms with Crippen molar-refractivity contribution in [1.82, 2.24) is 0 Å². The van der Waals surface area contributed by atoms with Crippen LogP contribution < -0.4 is 14.2 Å². The van der Waals surface area contributed by atoms with Gasteiger partial charge in [-0.1, -0.05) is 23.2 Å². The fraction of sp³-hybridized carbons (Fsp3) is 0.294. The molecular weight excluding hydrogens is 387 g/mol. The smallest absolute Gasteiger partial charge is 0.179 e. The van der Waals surface area contributed by atoms with Gasteiger partial charge in [0.1, 0.15) is 19.0 Å². The normalized spacial score (nSPS) is 13.6. The quantitative estimate of drug-likeness (QED) is 0.758. The molecule has 2 aromatic carbocycles. The standard InChI is InChI=1S/C17H16Cl2O5S/c1-22-15-3-2-13(18)8-12(15)10-25(20,21)9-11-6-14(19)17-16(7-11)23-4-5-24-17/h2-3,6-8H,4-5,9-10H2,1H3. The zero-order valence-corrected chi connectivity index (χ0v) is 15.7. The van der Waals surface area contributed by atoms with Gasteiger partial charge in [0.05, 0.1) is 23.6 Å². The number of rotatable bonds is 5. The highest BCUT2D eigenvalue weighted by atomic mass is 35.5. The van der Waals surface area contributed by atoms with Gasteiger partial charge < -0.3 is 14.2 Å². The molecule has 0 N–H and O–H groups in total. The number of hydrogen-bond acceptors (Lipinski definition) is 5. The number of methoxy groups -OCH3 is 1. The maximum Gasteiger partial charge on any atom is 0.179 e. The van der Waals surface area contributed by atoms with E-state index in [9.17, 15) is 8.42 Å². The minimum atomic E-state index is -3.47. The number of sulfone groups is 1. The van der Waals surface area contributed by atoms with Crippen LogP contribution in [0.1, 0.15) is 11.1 Å². The number of hydrogen-bond donors (Lipinski definition) is 0. The van der Waals surface area contributed by atoms with Crippen LogP contribution in [0, 0.1) is 0 Å². The summed E-state index contributed by atoms with van der Waals surface area (Å²) in [5.74, 6) is 1.02. The molecule has 0 aromatic heterocycles. The SMILES string of the molecule is COc1ccc(Cl)cc1CS(=O)(=O)Cc1cc(Cl)c2c(c1)OCCO2. The van der Waals surface area contributed by atoms with E-state index in [4.69, 9.17) is 37.4 Å². The second kappa shape index (κ2) is 7.32. The number of benzene rings is 2. The lowest BCUT2D eigenvalue weighted by molar-refractivity contribution is 0.171. The molecule has 8 heteroatoms. The van der Waals surface area contributed by atoms with Crippen molar-refractivity contribution in [3.05, 3.63) is 51.5 Å². The minimum Gasteiger partial charge on any atom is -0.496 e. The van der Waals surface area contributed by atoms with Crippen LogP contribution in [0.4, 0.5) is 0 Å². The second-order valence-corrected chi connectivity index (χ2v) is 8.50. The first-order chi connectivity index (χ1) is 11.9. The number of halogens is 2. The molecule has 1 heterocycles. The average Bonchev–Trinajstić information content (AvgIpc) is 2.54. The van der Waals surface area contributed by atoms with Crippen LogP contribution >= 0.6 is 23.2 Å². The third-order valence-electron chi connectivity index (χ3n) is 3.66. The summed E-state index contributed by atoms with van der Waals surface area (Å²) in [6.07, 6.45) is 0. The van der Waals surface area contributed by atoms with Crippen molar-refractivity contribution in [2.75, 3.05) is 20.3 Å². The highest BCUT2D eigenvalue weighted by molar-refractivity contribution is 7.89. The Hall–Kier alpha value is -1.63. The molecule has 1 aliphatic heterocycles. The highest BCUT2D eigenvalue weighted by Gasteiger charge is 2.21. The fourth-order valence-electron chi connectivity index (χ4n) is 2.65. The summed E-state index contributed by atoms with van der Waals surface area (Å²) in [7, 11) is -1.99. The van der Waals surface area contributed by atoms with Gasteiger partial charge in [0.2, 0.25) is 0 Å². The van der Waals surface area contributed by atoms with Crippen molar-refractivity contribution < 1.29 is 22.6 Å². The number of ether oxygens (including phenoxy) is 3. The molecular formula is C17H16Cl2O5S. The first-order valence-electron chi connectivity index (χ1n) is 7.49. The van der Waals surface area contributed by atoms with E-state index >= 15 is 0 Å². The van der Waals surface area contributed by atoms with E-state index < -0.39 is 9.84 Å². The van der Waals surface area contributed by atoms with Crippen molar-refractivity contribution in [3.63, 3.8) is 0 Å². The van der Waals surface area contributed by atoms with E-state index in [0.717, 1.165) is 0 Å². The van der Waals surface area contributed by atoms with Gasteiger partial charge in [-0.25, -0.2) is 8.42 Å². The predicted octanol–water partition coefficient (Wildman–Crippen LogP) is 3.89. The molecule has 0 fully saturated rings. The van der Waals surface area contributed by atoms with Crippen molar-refractivity contribution in [3.8, 4) is 17.2 Å². The summed E-state index contributed by atoms with van der Waals surface area (Å²) in [5, 5.41) is 0.788. The molecule has 25 heavy (non-hydrogen) atoms. The lowest BCUT2D eigenvalue weighted by Crippen LogP contribution is -2.16. The summed E-state index contributed by atoms with van der Waals surface area (Å²) < 4.78 is 41.4. The Bertz CT molecular complexity index is 896. The molecule has 1 aliphatic rings. The Morgan fingerprint density at radius 2 is 1.84 bits per heavy atom. The van der Waals surface area contributed by atoms with Gasteiger partial charge in [-0.2, -0.15) is 0 Å². The molecule has 0 aliphatic carbocycles. The van der Waals surface area contributed by atoms with Gasteiger partial charge in [-0.05, 0) is 35.9 Å². The van der Waals surface area contributed by atoms with E-state index in [0.29, 0.717) is 51.6 Å². The van der Waals surface area contributed by atoms with Gasteiger partial charge in [-0.3, -0.25) is 0 Å². The minimum absolute atomic E-state index is 0.182. The topological polar surface area (TPSA) is 61.8 Å². The summed E-state index contributed by atoms with van der Waals surface area (Å²) in [5.41, 5.74) is 1.05. The maximum atomic E-state index is 12.6. The van der Waals surface area contributed by atoms with E-state index in [1.54, 1.807) is 30.3 Å². The van der Waals surface area contributed by atoms with Crippen LogP contribution in [0.15, 0.2) is 30.3 Å². The Balaban J connectivity index is 1.85. The van der Waals surface area contributed by atoms with Crippen LogP contribution in [0.25, 0.3) is 0 Å². The molecule has 0 bridgehead atoms. The van der Waals surface area contributed by atoms with E-state index in [1.165, 1.54) is 7.11 Å². The fourth-order valence-corrected chi connectivity index (χ4v) is 4.61. The van der Waals surface area contributed by atoms with E-state index in [1.807, 2.05) is 0 Å². The van der Waals surface area contributed by atoms with Crippen LogP contribution in [-0.4, -0.2) is 28.7 Å². The second-order valence-electron chi connectivity index (χ2n) is 5.59. The molecule has 0 radical (unpaired) electrons. The molecule has 0 amide bonds. The summed E-state index contributed by atoms with van der Waals surface area (Å²) in [6, 6.07) is 8.12. The third-order valence-corrected chi connectivity index (χ3v) is 5.70. The molecule has 0 spiro atoms. The predicted molar refractivity (Wildman–Crippen MR) is 96.8 cm³/mol. The monoisotopic (exact) mass is 402 g/mol. The van der Waals surface area contributed by atoms with Crippen molar-refractivity contribution in [2.45, 2.75) is 11.5 Å². The molecule has 0 saturated carbocycles. The van der Waals surface area contributed by atoms with Crippen molar-refractivity contribution in [1.29, 1.82) is 0 Å². The lowest BCUT2D eigenvalue weighted by atomic mass is 10.2. The number of fused-ring (bicyclic) bond motifs is 1. The first kappa shape index (κ1) is 18.2. The van der Waals surface area contributed by atoms with Gasteiger partial charge >= 0.3 is 0 Å². The van der Waals surface area contributed by atoms with Gasteiger partial charge in [0.15, 0.2) is 21.3 Å².